The molecular formula is C9H11Cl2NO3S. The maximum absolute atomic E-state index is 11.8. The Kier molecular flexibility index (Phi) is 4.86. The third-order valence-electron chi connectivity index (χ3n) is 1.80. The van der Waals surface area contributed by atoms with Gasteiger partial charge in [-0.1, -0.05) is 11.6 Å². The molecule has 90 valence electrons. The first-order valence-corrected chi connectivity index (χ1v) is 6.80. The number of nitrogens with one attached hydrogen (secondary N) is 1. The van der Waals surface area contributed by atoms with Gasteiger partial charge in [0, 0.05) is 17.4 Å². The molecule has 0 saturated heterocycles. The van der Waals surface area contributed by atoms with Crippen LogP contribution in [0.1, 0.15) is 0 Å². The van der Waals surface area contributed by atoms with Crippen molar-refractivity contribution in [2.24, 2.45) is 0 Å². The van der Waals surface area contributed by atoms with Crippen LogP contribution >= 0.6 is 23.2 Å². The van der Waals surface area contributed by atoms with Crippen molar-refractivity contribution in [2.75, 3.05) is 19.5 Å². The lowest BCUT2D eigenvalue weighted by atomic mass is 10.3. The number of hydrogen-bond donors (Lipinski definition) is 1. The Morgan fingerprint density at radius 2 is 2.12 bits per heavy atom. The lowest BCUT2D eigenvalue weighted by Gasteiger charge is -2.10. The number of halogens is 2. The third-order valence-corrected chi connectivity index (χ3v) is 3.71. The maximum Gasteiger partial charge on any atom is 0.244 e. The van der Waals surface area contributed by atoms with Crippen molar-refractivity contribution in [3.63, 3.8) is 0 Å². The van der Waals surface area contributed by atoms with Crippen LogP contribution in [0.2, 0.25) is 5.02 Å². The molecule has 1 N–H and O–H groups in total. The van der Waals surface area contributed by atoms with E-state index in [1.807, 2.05) is 0 Å². The van der Waals surface area contributed by atoms with Crippen LogP contribution in [0.25, 0.3) is 0 Å². The zero-order chi connectivity index (χ0) is 12.2. The van der Waals surface area contributed by atoms with E-state index in [9.17, 15) is 8.42 Å². The summed E-state index contributed by atoms with van der Waals surface area (Å²) in [6.45, 7) is 0.152. The summed E-state index contributed by atoms with van der Waals surface area (Å²) in [7, 11) is -2.24. The van der Waals surface area contributed by atoms with Crippen LogP contribution < -0.4 is 9.46 Å². The summed E-state index contributed by atoms with van der Waals surface area (Å²) >= 11 is 11.2. The Balaban J connectivity index is 3.15. The van der Waals surface area contributed by atoms with E-state index in [4.69, 9.17) is 27.9 Å². The van der Waals surface area contributed by atoms with E-state index in [0.717, 1.165) is 0 Å². The SMILES string of the molecule is COc1ccc(Cl)cc1S(=O)(=O)NCCCl. The quantitative estimate of drug-likeness (QED) is 0.840. The van der Waals surface area contributed by atoms with Crippen LogP contribution in [-0.4, -0.2) is 28.0 Å². The average molecular weight is 284 g/mol. The lowest BCUT2D eigenvalue weighted by molar-refractivity contribution is 0.402. The van der Waals surface area contributed by atoms with E-state index < -0.39 is 10.0 Å². The molecule has 16 heavy (non-hydrogen) atoms. The summed E-state index contributed by atoms with van der Waals surface area (Å²) in [5, 5.41) is 0.326. The molecule has 0 spiro atoms. The minimum Gasteiger partial charge on any atom is -0.495 e. The Morgan fingerprint density at radius 1 is 1.44 bits per heavy atom. The molecule has 7 heteroatoms. The van der Waals surface area contributed by atoms with E-state index in [0.29, 0.717) is 5.02 Å². The summed E-state index contributed by atoms with van der Waals surface area (Å²) in [4.78, 5) is 0.00705. The molecule has 0 aromatic heterocycles. The minimum atomic E-state index is -3.63. The Hall–Kier alpha value is -0.490. The second-order valence-corrected chi connectivity index (χ2v) is 5.43. The van der Waals surface area contributed by atoms with Gasteiger partial charge in [-0.05, 0) is 18.2 Å². The van der Waals surface area contributed by atoms with E-state index in [-0.39, 0.29) is 23.1 Å². The van der Waals surface area contributed by atoms with Crippen molar-refractivity contribution in [1.29, 1.82) is 0 Å². The molecule has 0 radical (unpaired) electrons. The predicted molar refractivity (Wildman–Crippen MR) is 63.9 cm³/mol. The van der Waals surface area contributed by atoms with E-state index in [1.54, 1.807) is 6.07 Å². The van der Waals surface area contributed by atoms with Crippen molar-refractivity contribution in [1.82, 2.24) is 4.72 Å². The van der Waals surface area contributed by atoms with Gasteiger partial charge >= 0.3 is 0 Å². The molecule has 4 nitrogen and oxygen atoms in total. The standard InChI is InChI=1S/C9H11Cl2NO3S/c1-15-8-3-2-7(11)6-9(8)16(13,14)12-5-4-10/h2-3,6,12H,4-5H2,1H3. The molecule has 0 fully saturated rings. The van der Waals surface area contributed by atoms with Crippen LogP contribution in [0.15, 0.2) is 23.1 Å². The van der Waals surface area contributed by atoms with Crippen LogP contribution in [-0.2, 0) is 10.0 Å². The van der Waals surface area contributed by atoms with Crippen LogP contribution in [0.3, 0.4) is 0 Å². The zero-order valence-corrected chi connectivity index (χ0v) is 10.9. The number of ether oxygens (including phenoxy) is 1. The van der Waals surface area contributed by atoms with Gasteiger partial charge in [0.25, 0.3) is 0 Å². The molecule has 1 aromatic rings. The number of hydrogen-bond acceptors (Lipinski definition) is 3. The smallest absolute Gasteiger partial charge is 0.244 e. The Bertz CT molecular complexity index is 462. The topological polar surface area (TPSA) is 55.4 Å². The number of benzene rings is 1. The van der Waals surface area contributed by atoms with Crippen LogP contribution in [0, 0.1) is 0 Å². The Morgan fingerprint density at radius 3 is 2.69 bits per heavy atom. The fourth-order valence-corrected chi connectivity index (χ4v) is 2.78. The monoisotopic (exact) mass is 283 g/mol. The maximum atomic E-state index is 11.8. The summed E-state index contributed by atoms with van der Waals surface area (Å²) in [6.07, 6.45) is 0. The molecule has 0 atom stereocenters. The first kappa shape index (κ1) is 13.6. The summed E-state index contributed by atoms with van der Waals surface area (Å²) < 4.78 is 30.9. The van der Waals surface area contributed by atoms with Crippen molar-refractivity contribution >= 4 is 33.2 Å². The molecule has 0 saturated carbocycles. The van der Waals surface area contributed by atoms with Gasteiger partial charge in [0.2, 0.25) is 10.0 Å². The number of sulfonamides is 1. The van der Waals surface area contributed by atoms with Gasteiger partial charge in [0.05, 0.1) is 7.11 Å². The van der Waals surface area contributed by atoms with E-state index in [1.165, 1.54) is 19.2 Å². The molecule has 1 rings (SSSR count). The van der Waals surface area contributed by atoms with Gasteiger partial charge in [-0.2, -0.15) is 0 Å². The number of rotatable bonds is 5. The van der Waals surface area contributed by atoms with Crippen LogP contribution in [0.5, 0.6) is 5.75 Å². The molecule has 0 heterocycles. The van der Waals surface area contributed by atoms with Gasteiger partial charge in [0.1, 0.15) is 10.6 Å². The number of methoxy groups -OCH3 is 1. The van der Waals surface area contributed by atoms with E-state index >= 15 is 0 Å². The molecule has 0 aliphatic carbocycles. The third kappa shape index (κ3) is 3.25. The first-order chi connectivity index (χ1) is 7.51. The van der Waals surface area contributed by atoms with Gasteiger partial charge in [0.15, 0.2) is 0 Å². The van der Waals surface area contributed by atoms with Gasteiger partial charge < -0.3 is 4.74 Å². The highest BCUT2D eigenvalue weighted by molar-refractivity contribution is 7.89. The second kappa shape index (κ2) is 5.72. The van der Waals surface area contributed by atoms with Crippen molar-refractivity contribution in [3.8, 4) is 5.75 Å². The molecule has 0 unspecified atom stereocenters. The average Bonchev–Trinajstić information content (AvgIpc) is 2.26. The highest BCUT2D eigenvalue weighted by atomic mass is 35.5. The van der Waals surface area contributed by atoms with Crippen LogP contribution in [0.4, 0.5) is 0 Å². The zero-order valence-electron chi connectivity index (χ0n) is 8.54. The second-order valence-electron chi connectivity index (χ2n) is 2.88. The molecule has 0 aliphatic rings. The molecule has 0 amide bonds. The largest absolute Gasteiger partial charge is 0.495 e. The molecule has 0 bridgehead atoms. The first-order valence-electron chi connectivity index (χ1n) is 4.40. The Labute approximate surface area is 105 Å². The molecular weight excluding hydrogens is 273 g/mol. The highest BCUT2D eigenvalue weighted by Crippen LogP contribution is 2.26. The minimum absolute atomic E-state index is 0.00705. The molecule has 0 aliphatic heterocycles. The lowest BCUT2D eigenvalue weighted by Crippen LogP contribution is -2.26. The summed E-state index contributed by atoms with van der Waals surface area (Å²) in [5.74, 6) is 0.439. The van der Waals surface area contributed by atoms with Crippen molar-refractivity contribution in [2.45, 2.75) is 4.90 Å². The molecule has 1 aromatic carbocycles. The van der Waals surface area contributed by atoms with E-state index in [2.05, 4.69) is 4.72 Å². The fourth-order valence-electron chi connectivity index (χ4n) is 1.11. The fraction of sp³-hybridized carbons (Fsp3) is 0.333. The van der Waals surface area contributed by atoms with Crippen molar-refractivity contribution in [3.05, 3.63) is 23.2 Å². The summed E-state index contributed by atoms with van der Waals surface area (Å²) in [5.41, 5.74) is 0. The van der Waals surface area contributed by atoms with Gasteiger partial charge in [-0.3, -0.25) is 0 Å². The summed E-state index contributed by atoms with van der Waals surface area (Å²) in [6, 6.07) is 4.38. The van der Waals surface area contributed by atoms with Gasteiger partial charge in [-0.15, -0.1) is 11.6 Å². The number of alkyl halides is 1. The predicted octanol–water partition coefficient (Wildman–Crippen LogP) is 1.87. The highest BCUT2D eigenvalue weighted by Gasteiger charge is 2.19. The van der Waals surface area contributed by atoms with Gasteiger partial charge in [-0.25, -0.2) is 13.1 Å². The van der Waals surface area contributed by atoms with Crippen molar-refractivity contribution < 1.29 is 13.2 Å². The normalized spacial score (nSPS) is 11.4.